The summed E-state index contributed by atoms with van der Waals surface area (Å²) in [7, 11) is -2.14. The van der Waals surface area contributed by atoms with Crippen molar-refractivity contribution in [1.29, 1.82) is 0 Å². The highest BCUT2D eigenvalue weighted by Gasteiger charge is 2.27. The van der Waals surface area contributed by atoms with Crippen LogP contribution in [0.25, 0.3) is 0 Å². The summed E-state index contributed by atoms with van der Waals surface area (Å²) >= 11 is 1.59. The van der Waals surface area contributed by atoms with E-state index in [0.29, 0.717) is 11.5 Å². The molecule has 0 amide bonds. The number of nitrogens with zero attached hydrogens (tertiary/aromatic N) is 2. The van der Waals surface area contributed by atoms with E-state index in [-0.39, 0.29) is 4.90 Å². The number of ether oxygens (including phenoxy) is 1. The molecule has 0 saturated carbocycles. The van der Waals surface area contributed by atoms with E-state index in [1.54, 1.807) is 55.3 Å². The van der Waals surface area contributed by atoms with Gasteiger partial charge in [0.2, 0.25) is 0 Å². The number of sulfonamides is 1. The van der Waals surface area contributed by atoms with Gasteiger partial charge < -0.3 is 4.74 Å². The van der Waals surface area contributed by atoms with Crippen molar-refractivity contribution in [3.63, 3.8) is 0 Å². The first-order valence-electron chi connectivity index (χ1n) is 8.91. The zero-order valence-electron chi connectivity index (χ0n) is 16.3. The normalized spacial score (nSPS) is 18.6. The molecule has 5 nitrogen and oxygen atoms in total. The third-order valence-corrected chi connectivity index (χ3v) is 7.06. The Morgan fingerprint density at radius 2 is 1.72 bits per heavy atom. The fourth-order valence-corrected chi connectivity index (χ4v) is 4.85. The monoisotopic (exact) mass is 426 g/mol. The molecule has 0 aromatic heterocycles. The molecule has 2 aromatic carbocycles. The summed E-state index contributed by atoms with van der Waals surface area (Å²) in [6.07, 6.45) is 7.00. The number of aliphatic imine (C=N–C) groups is 1. The maximum absolute atomic E-state index is 12.5. The van der Waals surface area contributed by atoms with Gasteiger partial charge in [0.1, 0.15) is 5.60 Å². The Labute approximate surface area is 176 Å². The number of hydrogen-bond acceptors (Lipinski definition) is 5. The van der Waals surface area contributed by atoms with Crippen molar-refractivity contribution in [3.8, 4) is 0 Å². The number of thioether (sulfide) groups is 1. The second-order valence-corrected chi connectivity index (χ2v) is 9.17. The van der Waals surface area contributed by atoms with Crippen LogP contribution in [-0.2, 0) is 14.8 Å². The Bertz CT molecular complexity index is 1070. The molecular weight excluding hydrogens is 404 g/mol. The van der Waals surface area contributed by atoms with Crippen LogP contribution < -0.4 is 0 Å². The lowest BCUT2D eigenvalue weighted by molar-refractivity contribution is 0.0945. The molecule has 0 spiro atoms. The molecule has 1 aliphatic carbocycles. The molecule has 0 N–H and O–H groups in total. The summed E-state index contributed by atoms with van der Waals surface area (Å²) in [5, 5.41) is 0. The predicted molar refractivity (Wildman–Crippen MR) is 120 cm³/mol. The van der Waals surface area contributed by atoms with Crippen molar-refractivity contribution in [1.82, 2.24) is 0 Å². The summed E-state index contributed by atoms with van der Waals surface area (Å²) in [4.78, 5) is 5.21. The molecule has 0 aliphatic heterocycles. The summed E-state index contributed by atoms with van der Waals surface area (Å²) in [5.74, 6) is 0.598. The minimum absolute atomic E-state index is 0.171. The van der Waals surface area contributed by atoms with E-state index in [9.17, 15) is 8.42 Å². The first-order chi connectivity index (χ1) is 13.9. The lowest BCUT2D eigenvalue weighted by atomic mass is 9.99. The third-order valence-electron chi connectivity index (χ3n) is 4.49. The highest BCUT2D eigenvalue weighted by Crippen LogP contribution is 2.34. The highest BCUT2D eigenvalue weighted by molar-refractivity contribution is 7.99. The lowest BCUT2D eigenvalue weighted by Crippen LogP contribution is -2.31. The summed E-state index contributed by atoms with van der Waals surface area (Å²) in [6.45, 7) is 5.51. The fourth-order valence-electron chi connectivity index (χ4n) is 2.72. The number of para-hydroxylation sites is 1. The second kappa shape index (κ2) is 8.90. The van der Waals surface area contributed by atoms with Crippen LogP contribution in [0.5, 0.6) is 0 Å². The number of hydrogen-bond donors (Lipinski definition) is 0. The van der Waals surface area contributed by atoms with Crippen molar-refractivity contribution in [2.75, 3.05) is 12.9 Å². The van der Waals surface area contributed by atoms with Crippen LogP contribution in [0.3, 0.4) is 0 Å². The van der Waals surface area contributed by atoms with E-state index in [0.717, 1.165) is 16.1 Å². The molecule has 0 bridgehead atoms. The van der Waals surface area contributed by atoms with E-state index < -0.39 is 15.6 Å². The summed E-state index contributed by atoms with van der Waals surface area (Å²) < 4.78 is 34.7. The first-order valence-corrected chi connectivity index (χ1v) is 11.3. The van der Waals surface area contributed by atoms with Crippen molar-refractivity contribution in [2.24, 2.45) is 9.39 Å². The molecule has 3 rings (SSSR count). The Morgan fingerprint density at radius 1 is 1.07 bits per heavy atom. The molecule has 1 aliphatic rings. The highest BCUT2D eigenvalue weighted by atomic mass is 32.2. The molecule has 29 heavy (non-hydrogen) atoms. The van der Waals surface area contributed by atoms with Crippen LogP contribution in [-0.4, -0.2) is 39.3 Å². The molecule has 0 radical (unpaired) electrons. The number of allylic oxidation sites excluding steroid dienone is 2. The second-order valence-electron chi connectivity index (χ2n) is 6.54. The Morgan fingerprint density at radius 3 is 2.34 bits per heavy atom. The molecule has 150 valence electrons. The topological polar surface area (TPSA) is 68.1 Å². The SMILES string of the molecule is C=Nc1ccccc1SCC1(OC)C=CC(=NS(=O)(=O)c2ccc(C)cc2)C=C1. The number of aryl methyl sites for hydroxylation is 1. The summed E-state index contributed by atoms with van der Waals surface area (Å²) in [5.41, 5.74) is 1.51. The summed E-state index contributed by atoms with van der Waals surface area (Å²) in [6, 6.07) is 14.4. The zero-order chi connectivity index (χ0) is 20.9. The van der Waals surface area contributed by atoms with Gasteiger partial charge in [-0.2, -0.15) is 12.8 Å². The molecular formula is C22H22N2O3S2. The van der Waals surface area contributed by atoms with Gasteiger partial charge in [-0.1, -0.05) is 29.8 Å². The van der Waals surface area contributed by atoms with Crippen LogP contribution >= 0.6 is 11.8 Å². The number of benzene rings is 2. The molecule has 2 aromatic rings. The van der Waals surface area contributed by atoms with Gasteiger partial charge in [0.25, 0.3) is 10.0 Å². The van der Waals surface area contributed by atoms with Crippen LogP contribution in [0, 0.1) is 6.92 Å². The number of rotatable bonds is 7. The van der Waals surface area contributed by atoms with Crippen molar-refractivity contribution < 1.29 is 13.2 Å². The third kappa shape index (κ3) is 5.12. The van der Waals surface area contributed by atoms with E-state index in [2.05, 4.69) is 16.1 Å². The van der Waals surface area contributed by atoms with Gasteiger partial charge in [-0.05, 0) is 62.2 Å². The Kier molecular flexibility index (Phi) is 6.52. The average Bonchev–Trinajstić information content (AvgIpc) is 2.74. The van der Waals surface area contributed by atoms with Crippen LogP contribution in [0.1, 0.15) is 5.56 Å². The smallest absolute Gasteiger partial charge is 0.282 e. The Balaban J connectivity index is 1.77. The van der Waals surface area contributed by atoms with Gasteiger partial charge in [-0.15, -0.1) is 11.8 Å². The lowest BCUT2D eigenvalue weighted by Gasteiger charge is -2.27. The maximum Gasteiger partial charge on any atom is 0.282 e. The largest absolute Gasteiger partial charge is 0.369 e. The van der Waals surface area contributed by atoms with Gasteiger partial charge in [-0.3, -0.25) is 4.99 Å². The maximum atomic E-state index is 12.5. The van der Waals surface area contributed by atoms with Crippen molar-refractivity contribution in [3.05, 3.63) is 78.4 Å². The van der Waals surface area contributed by atoms with E-state index in [1.165, 1.54) is 0 Å². The van der Waals surface area contributed by atoms with Crippen molar-refractivity contribution >= 4 is 39.9 Å². The van der Waals surface area contributed by atoms with E-state index >= 15 is 0 Å². The molecule has 0 atom stereocenters. The van der Waals surface area contributed by atoms with Gasteiger partial charge in [0.05, 0.1) is 16.3 Å². The van der Waals surface area contributed by atoms with Gasteiger partial charge in [-0.25, -0.2) is 0 Å². The standard InChI is InChI=1S/C22H22N2O3S2/c1-17-8-10-19(11-9-17)29(25,26)24-18-12-14-22(27-3,15-13-18)16-28-21-7-5-4-6-20(21)23-2/h4-15H,2,16H2,1,3H3. The number of methoxy groups -OCH3 is 1. The molecule has 7 heteroatoms. The van der Waals surface area contributed by atoms with Crippen LogP contribution in [0.15, 0.2) is 92.0 Å². The van der Waals surface area contributed by atoms with Crippen LogP contribution in [0.4, 0.5) is 5.69 Å². The first kappa shape index (κ1) is 21.2. The van der Waals surface area contributed by atoms with E-state index in [4.69, 9.17) is 4.74 Å². The quantitative estimate of drug-likeness (QED) is 0.473. The van der Waals surface area contributed by atoms with Gasteiger partial charge in [0.15, 0.2) is 0 Å². The van der Waals surface area contributed by atoms with Gasteiger partial charge >= 0.3 is 0 Å². The predicted octanol–water partition coefficient (Wildman–Crippen LogP) is 4.76. The zero-order valence-corrected chi connectivity index (χ0v) is 17.9. The molecule has 0 saturated heterocycles. The molecule has 0 fully saturated rings. The molecule has 0 heterocycles. The van der Waals surface area contributed by atoms with Crippen LogP contribution in [0.2, 0.25) is 0 Å². The van der Waals surface area contributed by atoms with E-state index in [1.807, 2.05) is 43.3 Å². The minimum atomic E-state index is -3.76. The van der Waals surface area contributed by atoms with Crippen molar-refractivity contribution in [2.45, 2.75) is 22.3 Å². The van der Waals surface area contributed by atoms with Gasteiger partial charge in [0, 0.05) is 17.8 Å². The average molecular weight is 427 g/mol. The minimum Gasteiger partial charge on any atom is -0.369 e. The fraction of sp³-hybridized carbons (Fsp3) is 0.182. The molecule has 0 unspecified atom stereocenters. The Hall–Kier alpha value is -2.48.